The highest BCUT2D eigenvalue weighted by molar-refractivity contribution is 6.33. The molecule has 2 heterocycles. The maximum absolute atomic E-state index is 6.13. The van der Waals surface area contributed by atoms with Gasteiger partial charge in [0, 0.05) is 6.20 Å². The van der Waals surface area contributed by atoms with Crippen LogP contribution in [0, 0.1) is 0 Å². The molecule has 23 heavy (non-hydrogen) atoms. The lowest BCUT2D eigenvalue weighted by Crippen LogP contribution is -2.05. The van der Waals surface area contributed by atoms with E-state index in [-0.39, 0.29) is 0 Å². The molecule has 4 N–H and O–H groups in total. The maximum atomic E-state index is 6.13. The van der Waals surface area contributed by atoms with Gasteiger partial charge in [0.2, 0.25) is 0 Å². The minimum absolute atomic E-state index is 0.351. The molecule has 0 unspecified atom stereocenters. The fourth-order valence-electron chi connectivity index (χ4n) is 1.86. The molecule has 0 atom stereocenters. The number of hydrogen-bond acceptors (Lipinski definition) is 6. The van der Waals surface area contributed by atoms with Crippen molar-refractivity contribution < 1.29 is 0 Å². The Morgan fingerprint density at radius 3 is 2.30 bits per heavy atom. The molecular weight excluding hydrogens is 335 g/mol. The summed E-state index contributed by atoms with van der Waals surface area (Å²) in [5.41, 5.74) is 7.17. The number of rotatable bonds is 4. The van der Waals surface area contributed by atoms with Gasteiger partial charge >= 0.3 is 0 Å². The first-order valence-corrected chi connectivity index (χ1v) is 7.39. The van der Waals surface area contributed by atoms with E-state index in [4.69, 9.17) is 28.9 Å². The predicted octanol–water partition coefficient (Wildman–Crippen LogP) is 4.25. The first-order chi connectivity index (χ1) is 11.1. The highest BCUT2D eigenvalue weighted by Crippen LogP contribution is 2.30. The Bertz CT molecular complexity index is 822. The molecule has 0 spiro atoms. The van der Waals surface area contributed by atoms with Crippen molar-refractivity contribution in [3.8, 4) is 0 Å². The topological polar surface area (TPSA) is 88.8 Å². The van der Waals surface area contributed by atoms with Crippen LogP contribution in [0.5, 0.6) is 0 Å². The number of halogens is 2. The molecule has 1 aromatic carbocycles. The Morgan fingerprint density at radius 2 is 1.61 bits per heavy atom. The summed E-state index contributed by atoms with van der Waals surface area (Å²) in [5, 5.41) is 7.22. The summed E-state index contributed by atoms with van der Waals surface area (Å²) in [4.78, 5) is 12.4. The van der Waals surface area contributed by atoms with Gasteiger partial charge in [-0.3, -0.25) is 0 Å². The number of aromatic nitrogens is 3. The quantitative estimate of drug-likeness (QED) is 0.654. The van der Waals surface area contributed by atoms with E-state index in [0.717, 1.165) is 0 Å². The van der Waals surface area contributed by atoms with E-state index >= 15 is 0 Å². The van der Waals surface area contributed by atoms with Crippen LogP contribution >= 0.6 is 23.2 Å². The molecule has 0 bridgehead atoms. The van der Waals surface area contributed by atoms with Gasteiger partial charge in [-0.25, -0.2) is 15.0 Å². The van der Waals surface area contributed by atoms with Crippen molar-refractivity contribution in [2.24, 2.45) is 0 Å². The van der Waals surface area contributed by atoms with E-state index in [1.54, 1.807) is 18.2 Å². The Morgan fingerprint density at radius 1 is 0.870 bits per heavy atom. The standard InChI is InChI=1S/C15H12Cl2N6/c16-9-5-6-12(19-7-9)23-15-13(18)14(20-8-21-15)22-11-4-2-1-3-10(11)17/h1-8H,18H2,(H2,19,20,21,22,23). The summed E-state index contributed by atoms with van der Waals surface area (Å²) in [6.45, 7) is 0. The number of nitrogens with two attached hydrogens (primary N) is 1. The summed E-state index contributed by atoms with van der Waals surface area (Å²) in [5.74, 6) is 1.46. The Balaban J connectivity index is 1.86. The summed E-state index contributed by atoms with van der Waals surface area (Å²) >= 11 is 11.9. The third-order valence-corrected chi connectivity index (χ3v) is 3.54. The van der Waals surface area contributed by atoms with Gasteiger partial charge in [0.25, 0.3) is 0 Å². The van der Waals surface area contributed by atoms with Crippen molar-refractivity contribution in [2.75, 3.05) is 16.4 Å². The van der Waals surface area contributed by atoms with Crippen LogP contribution in [0.3, 0.4) is 0 Å². The summed E-state index contributed by atoms with van der Waals surface area (Å²) < 4.78 is 0. The van der Waals surface area contributed by atoms with Gasteiger partial charge in [0.15, 0.2) is 11.6 Å². The lowest BCUT2D eigenvalue weighted by molar-refractivity contribution is 1.16. The number of benzene rings is 1. The molecule has 0 fully saturated rings. The first kappa shape index (κ1) is 15.3. The molecule has 3 aromatic rings. The van der Waals surface area contributed by atoms with Crippen LogP contribution in [0.15, 0.2) is 48.9 Å². The Kier molecular flexibility index (Phi) is 4.45. The molecule has 0 radical (unpaired) electrons. The lowest BCUT2D eigenvalue weighted by Gasteiger charge is -2.12. The number of nitrogen functional groups attached to an aromatic ring is 1. The second kappa shape index (κ2) is 6.68. The zero-order valence-electron chi connectivity index (χ0n) is 11.8. The third kappa shape index (κ3) is 3.61. The summed E-state index contributed by atoms with van der Waals surface area (Å²) in [6.07, 6.45) is 2.93. The SMILES string of the molecule is Nc1c(Nc2ccc(Cl)cn2)ncnc1Nc1ccccc1Cl. The van der Waals surface area contributed by atoms with E-state index in [1.807, 2.05) is 18.2 Å². The number of nitrogens with one attached hydrogen (secondary N) is 2. The predicted molar refractivity (Wildman–Crippen MR) is 93.7 cm³/mol. The number of hydrogen-bond donors (Lipinski definition) is 3. The Hall–Kier alpha value is -2.57. The number of para-hydroxylation sites is 1. The van der Waals surface area contributed by atoms with Crippen molar-refractivity contribution in [3.05, 3.63) is 59.0 Å². The zero-order chi connectivity index (χ0) is 16.2. The third-order valence-electron chi connectivity index (χ3n) is 2.98. The molecular formula is C15H12Cl2N6. The van der Waals surface area contributed by atoms with Crippen LogP contribution in [0.4, 0.5) is 28.8 Å². The van der Waals surface area contributed by atoms with Crippen molar-refractivity contribution in [2.45, 2.75) is 0 Å². The minimum atomic E-state index is 0.351. The van der Waals surface area contributed by atoms with Gasteiger partial charge < -0.3 is 16.4 Å². The number of anilines is 5. The molecule has 2 aromatic heterocycles. The summed E-state index contributed by atoms with van der Waals surface area (Å²) in [7, 11) is 0. The highest BCUT2D eigenvalue weighted by Gasteiger charge is 2.10. The minimum Gasteiger partial charge on any atom is -0.393 e. The van der Waals surface area contributed by atoms with Crippen molar-refractivity contribution in [1.29, 1.82) is 0 Å². The average molecular weight is 347 g/mol. The van der Waals surface area contributed by atoms with Crippen LogP contribution in [-0.2, 0) is 0 Å². The molecule has 0 aliphatic rings. The molecule has 116 valence electrons. The molecule has 0 saturated heterocycles. The fourth-order valence-corrected chi connectivity index (χ4v) is 2.15. The van der Waals surface area contributed by atoms with Crippen LogP contribution in [-0.4, -0.2) is 15.0 Å². The van der Waals surface area contributed by atoms with E-state index in [9.17, 15) is 0 Å². The monoisotopic (exact) mass is 346 g/mol. The van der Waals surface area contributed by atoms with Crippen molar-refractivity contribution >= 4 is 52.0 Å². The maximum Gasteiger partial charge on any atom is 0.160 e. The average Bonchev–Trinajstić information content (AvgIpc) is 2.55. The van der Waals surface area contributed by atoms with E-state index in [0.29, 0.717) is 38.9 Å². The van der Waals surface area contributed by atoms with Gasteiger partial charge in [-0.15, -0.1) is 0 Å². The molecule has 0 saturated carbocycles. The second-order valence-electron chi connectivity index (χ2n) is 4.58. The van der Waals surface area contributed by atoms with Crippen LogP contribution in [0.1, 0.15) is 0 Å². The van der Waals surface area contributed by atoms with Crippen molar-refractivity contribution in [3.63, 3.8) is 0 Å². The number of nitrogens with zero attached hydrogens (tertiary/aromatic N) is 3. The number of pyridine rings is 1. The molecule has 8 heteroatoms. The second-order valence-corrected chi connectivity index (χ2v) is 5.42. The first-order valence-electron chi connectivity index (χ1n) is 6.64. The fraction of sp³-hybridized carbons (Fsp3) is 0. The molecule has 0 amide bonds. The van der Waals surface area contributed by atoms with E-state index in [1.165, 1.54) is 12.5 Å². The van der Waals surface area contributed by atoms with E-state index < -0.39 is 0 Å². The molecule has 0 aliphatic carbocycles. The van der Waals surface area contributed by atoms with Crippen LogP contribution in [0.2, 0.25) is 10.0 Å². The zero-order valence-corrected chi connectivity index (χ0v) is 13.3. The highest BCUT2D eigenvalue weighted by atomic mass is 35.5. The van der Waals surface area contributed by atoms with Gasteiger partial charge in [-0.2, -0.15) is 0 Å². The van der Waals surface area contributed by atoms with E-state index in [2.05, 4.69) is 25.6 Å². The van der Waals surface area contributed by atoms with Crippen LogP contribution < -0.4 is 16.4 Å². The molecule has 6 nitrogen and oxygen atoms in total. The van der Waals surface area contributed by atoms with Gasteiger partial charge in [0.1, 0.15) is 17.8 Å². The van der Waals surface area contributed by atoms with Gasteiger partial charge in [-0.1, -0.05) is 35.3 Å². The lowest BCUT2D eigenvalue weighted by atomic mass is 10.3. The normalized spacial score (nSPS) is 10.3. The van der Waals surface area contributed by atoms with Gasteiger partial charge in [-0.05, 0) is 24.3 Å². The summed E-state index contributed by atoms with van der Waals surface area (Å²) in [6, 6.07) is 10.8. The molecule has 0 aliphatic heterocycles. The van der Waals surface area contributed by atoms with Gasteiger partial charge in [0.05, 0.1) is 15.7 Å². The Labute approximate surface area is 142 Å². The smallest absolute Gasteiger partial charge is 0.160 e. The molecule has 3 rings (SSSR count). The van der Waals surface area contributed by atoms with Crippen molar-refractivity contribution in [1.82, 2.24) is 15.0 Å². The largest absolute Gasteiger partial charge is 0.393 e. The van der Waals surface area contributed by atoms with Crippen LogP contribution in [0.25, 0.3) is 0 Å².